The zero-order chi connectivity index (χ0) is 25.5. The predicted octanol–water partition coefficient (Wildman–Crippen LogP) is 3.53. The number of benzene rings is 2. The number of methoxy groups -OCH3 is 1. The van der Waals surface area contributed by atoms with E-state index >= 15 is 0 Å². The Morgan fingerprint density at radius 1 is 1.11 bits per heavy atom. The van der Waals surface area contributed by atoms with Crippen molar-refractivity contribution < 1.29 is 30.6 Å². The van der Waals surface area contributed by atoms with Crippen molar-refractivity contribution in [3.63, 3.8) is 0 Å². The highest BCUT2D eigenvalue weighted by molar-refractivity contribution is 7.95. The Bertz CT molecular complexity index is 1560. The van der Waals surface area contributed by atoms with Gasteiger partial charge in [0.15, 0.2) is 0 Å². The second kappa shape index (κ2) is 9.09. The Morgan fingerprint density at radius 3 is 2.40 bits per heavy atom. The van der Waals surface area contributed by atoms with Gasteiger partial charge in [0.25, 0.3) is 0 Å². The Labute approximate surface area is 204 Å². The standard InChI is InChI=1S/C24H24N2O7S2/c1-5-26-24(33-35(30,31)17-8-6-15(2)7-9-17)20(13-25-26)19-10-11-22-23(16(19)3)21(32-4)12-18(14-27)34(22,28)29/h6-11,13,21H,5,12H2,1-4H3. The number of rotatable bonds is 6. The summed E-state index contributed by atoms with van der Waals surface area (Å²) in [6, 6.07) is 9.22. The van der Waals surface area contributed by atoms with Gasteiger partial charge in [-0.3, -0.25) is 0 Å². The molecule has 184 valence electrons. The number of hydrogen-bond donors (Lipinski definition) is 0. The monoisotopic (exact) mass is 516 g/mol. The lowest BCUT2D eigenvalue weighted by Gasteiger charge is -2.27. The van der Waals surface area contributed by atoms with Crippen LogP contribution in [0.25, 0.3) is 11.1 Å². The molecule has 0 amide bonds. The van der Waals surface area contributed by atoms with Crippen LogP contribution in [0.15, 0.2) is 57.3 Å². The van der Waals surface area contributed by atoms with E-state index in [4.69, 9.17) is 8.92 Å². The summed E-state index contributed by atoms with van der Waals surface area (Å²) in [5, 5.41) is 4.27. The van der Waals surface area contributed by atoms with Gasteiger partial charge in [-0.1, -0.05) is 23.8 Å². The fourth-order valence-corrected chi connectivity index (χ4v) is 6.69. The van der Waals surface area contributed by atoms with Crippen molar-refractivity contribution in [3.05, 3.63) is 64.2 Å². The lowest BCUT2D eigenvalue weighted by Crippen LogP contribution is -2.21. The van der Waals surface area contributed by atoms with Crippen LogP contribution >= 0.6 is 0 Å². The van der Waals surface area contributed by atoms with Crippen LogP contribution < -0.4 is 4.18 Å². The number of aromatic nitrogens is 2. The van der Waals surface area contributed by atoms with Crippen LogP contribution in [0.1, 0.15) is 36.1 Å². The maximum absolute atomic E-state index is 13.0. The zero-order valence-electron chi connectivity index (χ0n) is 19.6. The molecule has 0 radical (unpaired) electrons. The summed E-state index contributed by atoms with van der Waals surface area (Å²) in [5.74, 6) is 1.54. The fraction of sp³-hybridized carbons (Fsp3) is 0.292. The molecule has 1 unspecified atom stereocenters. The number of sulfone groups is 1. The topological polar surface area (TPSA) is 122 Å². The highest BCUT2D eigenvalue weighted by atomic mass is 32.2. The molecule has 0 N–H and O–H groups in total. The molecule has 4 rings (SSSR count). The molecule has 1 aliphatic rings. The molecule has 2 aromatic carbocycles. The number of hydrogen-bond acceptors (Lipinski definition) is 8. The Morgan fingerprint density at radius 2 is 1.80 bits per heavy atom. The van der Waals surface area contributed by atoms with E-state index in [-0.39, 0.29) is 27.0 Å². The average Bonchev–Trinajstić information content (AvgIpc) is 3.21. The minimum Gasteiger partial charge on any atom is -0.376 e. The van der Waals surface area contributed by atoms with Crippen LogP contribution in [0, 0.1) is 13.8 Å². The summed E-state index contributed by atoms with van der Waals surface area (Å²) >= 11 is 0. The van der Waals surface area contributed by atoms with Gasteiger partial charge in [0.05, 0.1) is 22.8 Å². The Balaban J connectivity index is 1.88. The van der Waals surface area contributed by atoms with Gasteiger partial charge >= 0.3 is 10.1 Å². The SMILES string of the molecule is CCn1ncc(-c2ccc3c(c2C)C(OC)CC(=C=O)S3(=O)=O)c1OS(=O)(=O)c1ccc(C)cc1. The molecule has 11 heteroatoms. The number of nitrogens with zero attached hydrogens (tertiary/aromatic N) is 2. The lowest BCUT2D eigenvalue weighted by molar-refractivity contribution is 0.101. The van der Waals surface area contributed by atoms with Crippen molar-refractivity contribution >= 4 is 25.9 Å². The highest BCUT2D eigenvalue weighted by Gasteiger charge is 2.38. The third-order valence-electron chi connectivity index (χ3n) is 6.06. The molecular formula is C24H24N2O7S2. The van der Waals surface area contributed by atoms with Gasteiger partial charge < -0.3 is 8.92 Å². The molecular weight excluding hydrogens is 492 g/mol. The molecule has 1 atom stereocenters. The molecule has 0 fully saturated rings. The van der Waals surface area contributed by atoms with Crippen molar-refractivity contribution in [1.82, 2.24) is 9.78 Å². The summed E-state index contributed by atoms with van der Waals surface area (Å²) in [7, 11) is -6.75. The summed E-state index contributed by atoms with van der Waals surface area (Å²) in [6.07, 6.45) is 0.652. The average molecular weight is 517 g/mol. The van der Waals surface area contributed by atoms with E-state index in [1.165, 1.54) is 42.1 Å². The smallest absolute Gasteiger partial charge is 0.340 e. The van der Waals surface area contributed by atoms with Crippen LogP contribution in [-0.4, -0.2) is 39.7 Å². The molecule has 35 heavy (non-hydrogen) atoms. The van der Waals surface area contributed by atoms with Gasteiger partial charge in [0.2, 0.25) is 15.7 Å². The van der Waals surface area contributed by atoms with Gasteiger partial charge in [0.1, 0.15) is 15.7 Å². The minimum absolute atomic E-state index is 0.00112. The number of ether oxygens (including phenoxy) is 1. The van der Waals surface area contributed by atoms with Crippen molar-refractivity contribution in [1.29, 1.82) is 0 Å². The van der Waals surface area contributed by atoms with Gasteiger partial charge in [-0.05, 0) is 50.1 Å². The van der Waals surface area contributed by atoms with E-state index in [1.807, 2.05) is 6.92 Å². The first-order chi connectivity index (χ1) is 16.5. The van der Waals surface area contributed by atoms with E-state index in [0.717, 1.165) is 5.56 Å². The van der Waals surface area contributed by atoms with Crippen LogP contribution in [0.2, 0.25) is 0 Å². The first kappa shape index (κ1) is 24.9. The Hall–Kier alpha value is -3.24. The molecule has 1 aliphatic heterocycles. The molecule has 3 aromatic rings. The van der Waals surface area contributed by atoms with Gasteiger partial charge in [-0.15, -0.1) is 0 Å². The van der Waals surface area contributed by atoms with Gasteiger partial charge in [-0.25, -0.2) is 17.9 Å². The third-order valence-corrected chi connectivity index (χ3v) is 9.12. The summed E-state index contributed by atoms with van der Waals surface area (Å²) < 4.78 is 64.4. The quantitative estimate of drug-likeness (QED) is 0.360. The summed E-state index contributed by atoms with van der Waals surface area (Å²) in [4.78, 5) is 10.9. The number of carbonyl (C=O) groups excluding carboxylic acids is 1. The van der Waals surface area contributed by atoms with E-state index in [2.05, 4.69) is 5.10 Å². The van der Waals surface area contributed by atoms with E-state index in [0.29, 0.717) is 28.8 Å². The summed E-state index contributed by atoms with van der Waals surface area (Å²) in [5.41, 5.74) is 2.78. The number of fused-ring (bicyclic) bond motifs is 1. The summed E-state index contributed by atoms with van der Waals surface area (Å²) in [6.45, 7) is 5.70. The van der Waals surface area contributed by atoms with Crippen LogP contribution in [-0.2, 0) is 36.0 Å². The Kier molecular flexibility index (Phi) is 6.46. The molecule has 0 bridgehead atoms. The van der Waals surface area contributed by atoms with Crippen molar-refractivity contribution in [3.8, 4) is 17.0 Å². The predicted molar refractivity (Wildman–Crippen MR) is 128 cm³/mol. The minimum atomic E-state index is -4.17. The van der Waals surface area contributed by atoms with Gasteiger partial charge in [-0.2, -0.15) is 13.5 Å². The highest BCUT2D eigenvalue weighted by Crippen LogP contribution is 2.45. The first-order valence-corrected chi connectivity index (χ1v) is 13.7. The largest absolute Gasteiger partial charge is 0.376 e. The molecule has 0 saturated heterocycles. The molecule has 1 aromatic heterocycles. The van der Waals surface area contributed by atoms with Gasteiger partial charge in [0, 0.05) is 25.6 Å². The molecule has 0 aliphatic carbocycles. The van der Waals surface area contributed by atoms with Crippen molar-refractivity contribution in [2.45, 2.75) is 49.6 Å². The molecule has 2 heterocycles. The number of aryl methyl sites for hydroxylation is 2. The second-order valence-electron chi connectivity index (χ2n) is 8.14. The maximum Gasteiger partial charge on any atom is 0.340 e. The zero-order valence-corrected chi connectivity index (χ0v) is 21.2. The molecule has 9 nitrogen and oxygen atoms in total. The molecule has 0 saturated carbocycles. The third kappa shape index (κ3) is 4.21. The fourth-order valence-electron chi connectivity index (χ4n) is 4.17. The second-order valence-corrected chi connectivity index (χ2v) is 11.6. The van der Waals surface area contributed by atoms with Crippen molar-refractivity contribution in [2.75, 3.05) is 7.11 Å². The van der Waals surface area contributed by atoms with E-state index in [1.54, 1.807) is 32.0 Å². The van der Waals surface area contributed by atoms with E-state index in [9.17, 15) is 21.6 Å². The van der Waals surface area contributed by atoms with Crippen LogP contribution in [0.5, 0.6) is 5.88 Å². The maximum atomic E-state index is 13.0. The first-order valence-electron chi connectivity index (χ1n) is 10.8. The van der Waals surface area contributed by atoms with Crippen molar-refractivity contribution in [2.24, 2.45) is 0 Å². The van der Waals surface area contributed by atoms with Crippen LogP contribution in [0.3, 0.4) is 0 Å². The lowest BCUT2D eigenvalue weighted by atomic mass is 9.93. The van der Waals surface area contributed by atoms with Crippen LogP contribution in [0.4, 0.5) is 0 Å². The molecule has 0 spiro atoms. The normalized spacial score (nSPS) is 17.0. The van der Waals surface area contributed by atoms with E-state index < -0.39 is 26.1 Å².